The number of halogens is 4. The molecule has 1 heterocycles. The molecule has 0 aromatic heterocycles. The van der Waals surface area contributed by atoms with Gasteiger partial charge in [-0.2, -0.15) is 13.2 Å². The maximum atomic E-state index is 13.4. The Balaban J connectivity index is 2.31. The lowest BCUT2D eigenvalue weighted by Crippen LogP contribution is -2.46. The van der Waals surface area contributed by atoms with Crippen LogP contribution in [0.4, 0.5) is 17.6 Å². The Hall–Kier alpha value is -1.10. The average molecular weight is 289 g/mol. The summed E-state index contributed by atoms with van der Waals surface area (Å²) in [7, 11) is 0. The number of nitrogens with one attached hydrogen (secondary N) is 1. The number of hydrogen-bond acceptors (Lipinski definition) is 1. The average Bonchev–Trinajstić information content (AvgIpc) is 2.77. The van der Waals surface area contributed by atoms with Gasteiger partial charge >= 0.3 is 6.18 Å². The zero-order valence-corrected chi connectivity index (χ0v) is 11.6. The predicted octanol–water partition coefficient (Wildman–Crippen LogP) is 4.17. The van der Waals surface area contributed by atoms with Crippen molar-refractivity contribution < 1.29 is 17.6 Å². The Bertz CT molecular complexity index is 473. The Morgan fingerprint density at radius 3 is 2.45 bits per heavy atom. The summed E-state index contributed by atoms with van der Waals surface area (Å²) in [6, 6.07) is 2.82. The van der Waals surface area contributed by atoms with Crippen LogP contribution in [0.15, 0.2) is 18.2 Å². The minimum absolute atomic E-state index is 0.226. The fourth-order valence-electron chi connectivity index (χ4n) is 2.96. The quantitative estimate of drug-likeness (QED) is 0.824. The lowest BCUT2D eigenvalue weighted by Gasteiger charge is -2.34. The van der Waals surface area contributed by atoms with Gasteiger partial charge in [0.1, 0.15) is 5.82 Å². The van der Waals surface area contributed by atoms with Gasteiger partial charge in [0.2, 0.25) is 0 Å². The molecule has 0 spiro atoms. The van der Waals surface area contributed by atoms with E-state index in [0.717, 1.165) is 25.5 Å². The minimum Gasteiger partial charge on any atom is -0.311 e. The number of rotatable bonds is 3. The summed E-state index contributed by atoms with van der Waals surface area (Å²) < 4.78 is 51.6. The second kappa shape index (κ2) is 5.35. The number of benzene rings is 1. The largest absolute Gasteiger partial charge is 0.416 e. The van der Waals surface area contributed by atoms with Crippen LogP contribution in [0.3, 0.4) is 0 Å². The van der Waals surface area contributed by atoms with Crippen molar-refractivity contribution in [2.45, 2.75) is 44.8 Å². The zero-order valence-electron chi connectivity index (χ0n) is 11.6. The van der Waals surface area contributed by atoms with Gasteiger partial charge in [0.25, 0.3) is 0 Å². The second-order valence-electron chi connectivity index (χ2n) is 5.86. The van der Waals surface area contributed by atoms with Crippen molar-refractivity contribution in [3.63, 3.8) is 0 Å². The van der Waals surface area contributed by atoms with Crippen LogP contribution in [-0.4, -0.2) is 12.1 Å². The van der Waals surface area contributed by atoms with Crippen molar-refractivity contribution in [3.8, 4) is 0 Å². The zero-order chi connectivity index (χ0) is 15.0. The lowest BCUT2D eigenvalue weighted by molar-refractivity contribution is -0.137. The van der Waals surface area contributed by atoms with Crippen LogP contribution < -0.4 is 5.32 Å². The van der Waals surface area contributed by atoms with Crippen LogP contribution in [-0.2, 0) is 12.6 Å². The van der Waals surface area contributed by atoms with Gasteiger partial charge in [-0.3, -0.25) is 0 Å². The van der Waals surface area contributed by atoms with E-state index in [1.807, 2.05) is 13.8 Å². The molecule has 0 amide bonds. The van der Waals surface area contributed by atoms with E-state index in [2.05, 4.69) is 5.32 Å². The summed E-state index contributed by atoms with van der Waals surface area (Å²) in [4.78, 5) is 0. The van der Waals surface area contributed by atoms with Crippen molar-refractivity contribution in [3.05, 3.63) is 35.1 Å². The number of hydrogen-bond donors (Lipinski definition) is 1. The molecule has 0 saturated carbocycles. The molecular formula is C15H19F4N. The molecule has 1 nitrogen and oxygen atoms in total. The molecular weight excluding hydrogens is 270 g/mol. The van der Waals surface area contributed by atoms with E-state index in [0.29, 0.717) is 18.1 Å². The van der Waals surface area contributed by atoms with Gasteiger partial charge in [0, 0.05) is 5.54 Å². The number of alkyl halides is 3. The molecule has 1 unspecified atom stereocenters. The van der Waals surface area contributed by atoms with Crippen molar-refractivity contribution in [1.82, 2.24) is 5.32 Å². The van der Waals surface area contributed by atoms with Crippen LogP contribution in [0.5, 0.6) is 0 Å². The third-order valence-electron chi connectivity index (χ3n) is 4.19. The van der Waals surface area contributed by atoms with E-state index in [4.69, 9.17) is 0 Å². The van der Waals surface area contributed by atoms with E-state index >= 15 is 0 Å². The molecule has 20 heavy (non-hydrogen) atoms. The molecule has 1 aliphatic heterocycles. The van der Waals surface area contributed by atoms with Crippen molar-refractivity contribution in [1.29, 1.82) is 0 Å². The molecule has 1 aromatic carbocycles. The molecule has 0 aliphatic carbocycles. The summed E-state index contributed by atoms with van der Waals surface area (Å²) >= 11 is 0. The first-order chi connectivity index (χ1) is 9.23. The van der Waals surface area contributed by atoms with Crippen LogP contribution in [0.1, 0.15) is 37.8 Å². The smallest absolute Gasteiger partial charge is 0.311 e. The van der Waals surface area contributed by atoms with Gasteiger partial charge in [-0.15, -0.1) is 0 Å². The maximum Gasteiger partial charge on any atom is 0.416 e. The monoisotopic (exact) mass is 289 g/mol. The molecule has 0 bridgehead atoms. The first-order valence-corrected chi connectivity index (χ1v) is 6.85. The van der Waals surface area contributed by atoms with E-state index < -0.39 is 17.6 Å². The van der Waals surface area contributed by atoms with E-state index in [1.54, 1.807) is 0 Å². The molecule has 1 saturated heterocycles. The van der Waals surface area contributed by atoms with Crippen molar-refractivity contribution in [2.75, 3.05) is 6.54 Å². The highest BCUT2D eigenvalue weighted by Gasteiger charge is 2.37. The summed E-state index contributed by atoms with van der Waals surface area (Å²) in [5.74, 6) is -0.547. The third kappa shape index (κ3) is 3.14. The standard InChI is InChI=1S/C15H19F4N/c1-10(2)14(4-3-5-20-14)9-11-6-12(15(17,18)19)8-13(16)7-11/h6-8,10,20H,3-5,9H2,1-2H3. The third-order valence-corrected chi connectivity index (χ3v) is 4.19. The molecule has 1 N–H and O–H groups in total. The van der Waals surface area contributed by atoms with Crippen molar-refractivity contribution in [2.24, 2.45) is 5.92 Å². The molecule has 1 aromatic rings. The van der Waals surface area contributed by atoms with Crippen LogP contribution in [0, 0.1) is 11.7 Å². The van der Waals surface area contributed by atoms with Gasteiger partial charge < -0.3 is 5.32 Å². The summed E-state index contributed by atoms with van der Waals surface area (Å²) in [6.07, 6.45) is -2.18. The fourth-order valence-corrected chi connectivity index (χ4v) is 2.96. The molecule has 5 heteroatoms. The van der Waals surface area contributed by atoms with Gasteiger partial charge in [0.05, 0.1) is 5.56 Å². The summed E-state index contributed by atoms with van der Waals surface area (Å²) in [6.45, 7) is 4.95. The molecule has 1 atom stereocenters. The van der Waals surface area contributed by atoms with Crippen LogP contribution >= 0.6 is 0 Å². The highest BCUT2D eigenvalue weighted by molar-refractivity contribution is 5.28. The summed E-state index contributed by atoms with van der Waals surface area (Å²) in [5.41, 5.74) is -0.735. The Kier molecular flexibility index (Phi) is 4.09. The molecule has 2 rings (SSSR count). The SMILES string of the molecule is CC(C)C1(Cc2cc(F)cc(C(F)(F)F)c2)CCCN1. The molecule has 1 fully saturated rings. The van der Waals surface area contributed by atoms with Crippen LogP contribution in [0.25, 0.3) is 0 Å². The first-order valence-electron chi connectivity index (χ1n) is 6.85. The van der Waals surface area contributed by atoms with E-state index in [9.17, 15) is 17.6 Å². The van der Waals surface area contributed by atoms with Gasteiger partial charge in [-0.05, 0) is 55.5 Å². The van der Waals surface area contributed by atoms with Gasteiger partial charge in [-0.25, -0.2) is 4.39 Å². The predicted molar refractivity (Wildman–Crippen MR) is 69.9 cm³/mol. The van der Waals surface area contributed by atoms with E-state index in [1.165, 1.54) is 6.07 Å². The lowest BCUT2D eigenvalue weighted by atomic mass is 9.79. The minimum atomic E-state index is -4.51. The maximum absolute atomic E-state index is 13.4. The highest BCUT2D eigenvalue weighted by atomic mass is 19.4. The first kappa shape index (κ1) is 15.3. The van der Waals surface area contributed by atoms with E-state index in [-0.39, 0.29) is 11.5 Å². The molecule has 112 valence electrons. The molecule has 0 radical (unpaired) electrons. The van der Waals surface area contributed by atoms with Crippen molar-refractivity contribution >= 4 is 0 Å². The second-order valence-corrected chi connectivity index (χ2v) is 5.86. The Morgan fingerprint density at radius 1 is 1.25 bits per heavy atom. The topological polar surface area (TPSA) is 12.0 Å². The van der Waals surface area contributed by atoms with Gasteiger partial charge in [-0.1, -0.05) is 13.8 Å². The highest BCUT2D eigenvalue weighted by Crippen LogP contribution is 2.34. The Labute approximate surface area is 116 Å². The Morgan fingerprint density at radius 2 is 1.95 bits per heavy atom. The van der Waals surface area contributed by atoms with Gasteiger partial charge in [0.15, 0.2) is 0 Å². The van der Waals surface area contributed by atoms with Crippen LogP contribution in [0.2, 0.25) is 0 Å². The molecule has 1 aliphatic rings. The normalized spacial score (nSPS) is 23.6. The summed E-state index contributed by atoms with van der Waals surface area (Å²) in [5, 5.41) is 3.39. The fraction of sp³-hybridized carbons (Fsp3) is 0.600.